The topological polar surface area (TPSA) is 63.3 Å². The van der Waals surface area contributed by atoms with E-state index in [1.54, 1.807) is 17.0 Å². The van der Waals surface area contributed by atoms with E-state index in [4.69, 9.17) is 25.8 Å². The number of carbonyl (C=O) groups excluding carboxylic acids is 1. The average molecular weight is 572 g/mol. The minimum absolute atomic E-state index is 0.0195. The van der Waals surface area contributed by atoms with Crippen molar-refractivity contribution in [3.05, 3.63) is 70.0 Å². The van der Waals surface area contributed by atoms with E-state index in [2.05, 4.69) is 5.32 Å². The van der Waals surface area contributed by atoms with Gasteiger partial charge in [0.05, 0.1) is 32.0 Å². The first-order chi connectivity index (χ1) is 18.6. The third-order valence-corrected chi connectivity index (χ3v) is 6.56. The van der Waals surface area contributed by atoms with Crippen LogP contribution in [0.15, 0.2) is 30.3 Å². The molecule has 1 N–H and O–H groups in total. The zero-order valence-corrected chi connectivity index (χ0v) is 21.8. The molecule has 0 bridgehead atoms. The lowest BCUT2D eigenvalue weighted by molar-refractivity contribution is 0.102. The molecule has 13 heteroatoms. The van der Waals surface area contributed by atoms with Crippen LogP contribution in [0.2, 0.25) is 5.02 Å². The van der Waals surface area contributed by atoms with E-state index < -0.39 is 40.7 Å². The summed E-state index contributed by atoms with van der Waals surface area (Å²) in [6.45, 7) is 0.343. The van der Waals surface area contributed by atoms with Crippen molar-refractivity contribution < 1.29 is 41.0 Å². The van der Waals surface area contributed by atoms with Gasteiger partial charge in [-0.15, -0.1) is 0 Å². The second-order valence-corrected chi connectivity index (χ2v) is 8.83. The summed E-state index contributed by atoms with van der Waals surface area (Å²) in [6, 6.07) is 7.80. The summed E-state index contributed by atoms with van der Waals surface area (Å²) in [6.07, 6.45) is 0. The number of halogens is 6. The van der Waals surface area contributed by atoms with Crippen LogP contribution in [0.1, 0.15) is 10.4 Å². The molecule has 39 heavy (non-hydrogen) atoms. The highest BCUT2D eigenvalue weighted by molar-refractivity contribution is 6.33. The minimum atomic E-state index is -2.20. The summed E-state index contributed by atoms with van der Waals surface area (Å²) < 4.78 is 84.9. The molecule has 0 unspecified atom stereocenters. The Hall–Kier alpha value is -3.93. The molecule has 1 amide bonds. The maximum Gasteiger partial charge on any atom is 0.255 e. The zero-order valence-electron chi connectivity index (χ0n) is 21.0. The van der Waals surface area contributed by atoms with Crippen LogP contribution < -0.4 is 29.3 Å². The van der Waals surface area contributed by atoms with Crippen molar-refractivity contribution in [3.63, 3.8) is 0 Å². The standard InChI is InChI=1S/C26H23ClF5N3O4/c1-37-17-10-13(11-18(38-2)25(17)39-3)26(36)33-14-4-5-16(15(27)12-14)34-6-8-35(9-7-34)24-22(31)20(29)19(28)21(30)23(24)32/h4-5,10-12H,6-9H2,1-3H3,(H,33,36). The van der Waals surface area contributed by atoms with Crippen molar-refractivity contribution in [3.8, 4) is 17.2 Å². The first-order valence-corrected chi connectivity index (χ1v) is 11.9. The van der Waals surface area contributed by atoms with Crippen LogP contribution in [0.5, 0.6) is 17.2 Å². The fraction of sp³-hybridized carbons (Fsp3) is 0.269. The molecule has 1 aliphatic heterocycles. The molecule has 1 fully saturated rings. The number of hydrogen-bond acceptors (Lipinski definition) is 6. The van der Waals surface area contributed by atoms with Gasteiger partial charge in [-0.1, -0.05) is 11.6 Å². The predicted octanol–water partition coefficient (Wildman–Crippen LogP) is 5.64. The second kappa shape index (κ2) is 11.4. The van der Waals surface area contributed by atoms with Crippen LogP contribution >= 0.6 is 11.6 Å². The van der Waals surface area contributed by atoms with Gasteiger partial charge in [0.1, 0.15) is 5.69 Å². The monoisotopic (exact) mass is 571 g/mol. The van der Waals surface area contributed by atoms with Gasteiger partial charge in [-0.3, -0.25) is 4.79 Å². The van der Waals surface area contributed by atoms with E-state index in [0.29, 0.717) is 28.6 Å². The van der Waals surface area contributed by atoms with Crippen molar-refractivity contribution in [1.29, 1.82) is 0 Å². The Bertz CT molecular complexity index is 1360. The van der Waals surface area contributed by atoms with Crippen molar-refractivity contribution in [1.82, 2.24) is 0 Å². The van der Waals surface area contributed by atoms with Crippen molar-refractivity contribution in [2.75, 3.05) is 62.6 Å². The first kappa shape index (κ1) is 28.1. The average Bonchev–Trinajstić information content (AvgIpc) is 2.94. The molecule has 0 spiro atoms. The summed E-state index contributed by atoms with van der Waals surface area (Å²) in [4.78, 5) is 15.8. The lowest BCUT2D eigenvalue weighted by Crippen LogP contribution is -2.47. The SMILES string of the molecule is COc1cc(C(=O)Nc2ccc(N3CCN(c4c(F)c(F)c(F)c(F)c4F)CC3)c(Cl)c2)cc(OC)c1OC. The molecular weight excluding hydrogens is 549 g/mol. The molecular formula is C26H23ClF5N3O4. The Morgan fingerprint density at radius 2 is 1.28 bits per heavy atom. The van der Waals surface area contributed by atoms with Gasteiger partial charge in [-0.25, -0.2) is 22.0 Å². The molecule has 7 nitrogen and oxygen atoms in total. The molecule has 1 aliphatic rings. The van der Waals surface area contributed by atoms with Crippen molar-refractivity contribution in [2.24, 2.45) is 0 Å². The molecule has 1 heterocycles. The number of amides is 1. The van der Waals surface area contributed by atoms with Gasteiger partial charge >= 0.3 is 0 Å². The first-order valence-electron chi connectivity index (χ1n) is 11.5. The van der Waals surface area contributed by atoms with Gasteiger partial charge in [-0.2, -0.15) is 0 Å². The lowest BCUT2D eigenvalue weighted by atomic mass is 10.1. The van der Waals surface area contributed by atoms with E-state index in [1.165, 1.54) is 39.5 Å². The summed E-state index contributed by atoms with van der Waals surface area (Å²) in [5.41, 5.74) is 0.248. The van der Waals surface area contributed by atoms with Crippen LogP contribution in [0, 0.1) is 29.1 Å². The Morgan fingerprint density at radius 1 is 0.769 bits per heavy atom. The van der Waals surface area contributed by atoms with Crippen molar-refractivity contribution in [2.45, 2.75) is 0 Å². The largest absolute Gasteiger partial charge is 0.493 e. The smallest absolute Gasteiger partial charge is 0.255 e. The molecule has 4 rings (SSSR count). The van der Waals surface area contributed by atoms with Gasteiger partial charge in [-0.05, 0) is 30.3 Å². The molecule has 0 aliphatic carbocycles. The van der Waals surface area contributed by atoms with E-state index >= 15 is 0 Å². The molecule has 0 aromatic heterocycles. The van der Waals surface area contributed by atoms with Crippen LogP contribution in [-0.2, 0) is 0 Å². The van der Waals surface area contributed by atoms with Crippen LogP contribution in [-0.4, -0.2) is 53.4 Å². The highest BCUT2D eigenvalue weighted by Crippen LogP contribution is 2.39. The van der Waals surface area contributed by atoms with E-state index in [-0.39, 0.29) is 36.8 Å². The highest BCUT2D eigenvalue weighted by atomic mass is 35.5. The summed E-state index contributed by atoms with van der Waals surface area (Å²) in [5.74, 6) is -9.43. The number of carbonyl (C=O) groups is 1. The number of piperazine rings is 1. The maximum absolute atomic E-state index is 14.2. The number of nitrogens with zero attached hydrogens (tertiary/aromatic N) is 2. The Morgan fingerprint density at radius 3 is 1.77 bits per heavy atom. The van der Waals surface area contributed by atoms with Gasteiger partial charge in [0.25, 0.3) is 5.91 Å². The van der Waals surface area contributed by atoms with Crippen molar-refractivity contribution >= 4 is 34.6 Å². The number of nitrogens with one attached hydrogen (secondary N) is 1. The van der Waals surface area contributed by atoms with E-state index in [1.807, 2.05) is 0 Å². The number of ether oxygens (including phenoxy) is 3. The Labute approximate surface area is 225 Å². The van der Waals surface area contributed by atoms with Crippen LogP contribution in [0.4, 0.5) is 39.0 Å². The van der Waals surface area contributed by atoms with Gasteiger partial charge in [0.2, 0.25) is 11.6 Å². The molecule has 0 radical (unpaired) electrons. The molecule has 0 atom stereocenters. The predicted molar refractivity (Wildman–Crippen MR) is 136 cm³/mol. The Kier molecular flexibility index (Phi) is 8.24. The highest BCUT2D eigenvalue weighted by Gasteiger charge is 2.31. The summed E-state index contributed by atoms with van der Waals surface area (Å²) in [7, 11) is 4.31. The van der Waals surface area contributed by atoms with Crippen LogP contribution in [0.25, 0.3) is 0 Å². The van der Waals surface area contributed by atoms with E-state index in [9.17, 15) is 26.7 Å². The zero-order chi connectivity index (χ0) is 28.4. The molecule has 208 valence electrons. The normalized spacial score (nSPS) is 13.4. The molecule has 0 saturated carbocycles. The maximum atomic E-state index is 14.2. The van der Waals surface area contributed by atoms with E-state index in [0.717, 1.165) is 4.90 Å². The number of benzene rings is 3. The Balaban J connectivity index is 1.47. The third kappa shape index (κ3) is 5.33. The number of anilines is 3. The molecule has 3 aromatic carbocycles. The third-order valence-electron chi connectivity index (χ3n) is 6.26. The number of hydrogen-bond donors (Lipinski definition) is 1. The lowest BCUT2D eigenvalue weighted by Gasteiger charge is -2.38. The quantitative estimate of drug-likeness (QED) is 0.225. The fourth-order valence-electron chi connectivity index (χ4n) is 4.30. The van der Waals surface area contributed by atoms with Gasteiger partial charge in [0.15, 0.2) is 34.8 Å². The van der Waals surface area contributed by atoms with Crippen LogP contribution in [0.3, 0.4) is 0 Å². The molecule has 1 saturated heterocycles. The van der Waals surface area contributed by atoms with Gasteiger partial charge < -0.3 is 29.3 Å². The fourth-order valence-corrected chi connectivity index (χ4v) is 4.60. The minimum Gasteiger partial charge on any atom is -0.493 e. The summed E-state index contributed by atoms with van der Waals surface area (Å²) >= 11 is 6.47. The number of methoxy groups -OCH3 is 3. The number of rotatable bonds is 7. The second-order valence-electron chi connectivity index (χ2n) is 8.43. The van der Waals surface area contributed by atoms with Gasteiger partial charge in [0, 0.05) is 37.4 Å². The molecule has 3 aromatic rings. The summed E-state index contributed by atoms with van der Waals surface area (Å²) in [5, 5.41) is 3.02.